The van der Waals surface area contributed by atoms with Crippen molar-refractivity contribution in [3.63, 3.8) is 0 Å². The molecule has 0 bridgehead atoms. The first kappa shape index (κ1) is 18.1. The van der Waals surface area contributed by atoms with E-state index in [9.17, 15) is 4.79 Å². The zero-order valence-corrected chi connectivity index (χ0v) is 16.3. The van der Waals surface area contributed by atoms with Gasteiger partial charge >= 0.3 is 0 Å². The molecule has 1 spiro atoms. The van der Waals surface area contributed by atoms with Crippen molar-refractivity contribution in [2.45, 2.75) is 31.3 Å². The van der Waals surface area contributed by atoms with Gasteiger partial charge in [0.05, 0.1) is 16.8 Å². The molecule has 1 aromatic carbocycles. The van der Waals surface area contributed by atoms with E-state index in [4.69, 9.17) is 4.74 Å². The maximum atomic E-state index is 12.9. The highest BCUT2D eigenvalue weighted by Gasteiger charge is 2.38. The molecule has 0 saturated carbocycles. The second kappa shape index (κ2) is 7.44. The number of nitrogens with one attached hydrogen (secondary N) is 1. The maximum Gasteiger partial charge on any atom is 0.274 e. The molecule has 5 rings (SSSR count). The summed E-state index contributed by atoms with van der Waals surface area (Å²) in [6, 6.07) is 13.5. The van der Waals surface area contributed by atoms with Crippen LogP contribution in [-0.4, -0.2) is 41.2 Å². The second-order valence-corrected chi connectivity index (χ2v) is 7.86. The first-order valence-electron chi connectivity index (χ1n) is 10.2. The highest BCUT2D eigenvalue weighted by molar-refractivity contribution is 6.07. The Labute approximate surface area is 169 Å². The van der Waals surface area contributed by atoms with Gasteiger partial charge in [-0.15, -0.1) is 0 Å². The number of carbonyl (C=O) groups is 1. The average Bonchev–Trinajstić information content (AvgIpc) is 3.22. The molecule has 1 amide bonds. The fraction of sp³-hybridized carbons (Fsp3) is 0.348. The summed E-state index contributed by atoms with van der Waals surface area (Å²) in [4.78, 5) is 23.9. The molecule has 0 radical (unpaired) electrons. The topological polar surface area (TPSA) is 67.4 Å². The molecule has 6 nitrogen and oxygen atoms in total. The fourth-order valence-corrected chi connectivity index (χ4v) is 4.45. The van der Waals surface area contributed by atoms with E-state index in [1.165, 1.54) is 12.8 Å². The van der Waals surface area contributed by atoms with E-state index in [1.54, 1.807) is 12.4 Å². The molecule has 148 valence electrons. The fourth-order valence-electron chi connectivity index (χ4n) is 4.45. The van der Waals surface area contributed by atoms with E-state index in [0.29, 0.717) is 11.4 Å². The van der Waals surface area contributed by atoms with Crippen LogP contribution in [0.15, 0.2) is 54.9 Å². The van der Waals surface area contributed by atoms with Crippen LogP contribution >= 0.6 is 0 Å². The largest absolute Gasteiger partial charge is 0.375 e. The molecule has 2 aliphatic heterocycles. The monoisotopic (exact) mass is 388 g/mol. The Morgan fingerprint density at radius 2 is 1.90 bits per heavy atom. The van der Waals surface area contributed by atoms with E-state index >= 15 is 0 Å². The van der Waals surface area contributed by atoms with Gasteiger partial charge in [0.2, 0.25) is 0 Å². The van der Waals surface area contributed by atoms with Crippen molar-refractivity contribution in [2.75, 3.05) is 29.9 Å². The molecule has 1 N–H and O–H groups in total. The third-order valence-corrected chi connectivity index (χ3v) is 6.08. The Morgan fingerprint density at radius 3 is 2.72 bits per heavy atom. The molecule has 2 aliphatic rings. The Morgan fingerprint density at radius 1 is 1.03 bits per heavy atom. The number of amides is 1. The van der Waals surface area contributed by atoms with Gasteiger partial charge < -0.3 is 15.0 Å². The van der Waals surface area contributed by atoms with E-state index in [1.807, 2.05) is 42.5 Å². The van der Waals surface area contributed by atoms with E-state index in [2.05, 4.69) is 20.2 Å². The number of aromatic nitrogens is 2. The molecule has 0 aliphatic carbocycles. The van der Waals surface area contributed by atoms with Gasteiger partial charge in [-0.25, -0.2) is 0 Å². The Kier molecular flexibility index (Phi) is 4.64. The van der Waals surface area contributed by atoms with Crippen LogP contribution in [0.5, 0.6) is 0 Å². The summed E-state index contributed by atoms with van der Waals surface area (Å²) in [5.74, 6) is -0.224. The number of benzene rings is 1. The molecular formula is C23H24N4O2. The summed E-state index contributed by atoms with van der Waals surface area (Å²) in [6.07, 6.45) is 7.86. The van der Waals surface area contributed by atoms with Gasteiger partial charge in [-0.1, -0.05) is 18.2 Å². The molecule has 2 fully saturated rings. The standard InChI is InChI=1S/C23H24N4O2/c28-22(26-19-6-1-4-17-5-2-11-25-21(17)19)20-16-18(7-12-24-20)27-13-9-23(10-14-27)8-3-15-29-23/h1-2,4-7,11-12,16H,3,8-10,13-15H2,(H,26,28). The van der Waals surface area contributed by atoms with E-state index in [0.717, 1.165) is 49.1 Å². The van der Waals surface area contributed by atoms with Crippen molar-refractivity contribution in [1.29, 1.82) is 0 Å². The van der Waals surface area contributed by atoms with Crippen LogP contribution in [0.3, 0.4) is 0 Å². The number of fused-ring (bicyclic) bond motifs is 1. The molecule has 6 heteroatoms. The summed E-state index contributed by atoms with van der Waals surface area (Å²) in [6.45, 7) is 2.78. The lowest BCUT2D eigenvalue weighted by Crippen LogP contribution is -2.44. The summed E-state index contributed by atoms with van der Waals surface area (Å²) < 4.78 is 6.02. The van der Waals surface area contributed by atoms with Gasteiger partial charge in [-0.05, 0) is 49.9 Å². The Balaban J connectivity index is 1.32. The first-order valence-corrected chi connectivity index (χ1v) is 10.2. The smallest absolute Gasteiger partial charge is 0.274 e. The molecular weight excluding hydrogens is 364 g/mol. The molecule has 0 atom stereocenters. The SMILES string of the molecule is O=C(Nc1cccc2cccnc12)c1cc(N2CCC3(CCCO3)CC2)ccn1. The van der Waals surface area contributed by atoms with Crippen LogP contribution in [-0.2, 0) is 4.74 Å². The molecule has 4 heterocycles. The van der Waals surface area contributed by atoms with Gasteiger partial charge in [-0.2, -0.15) is 0 Å². The van der Waals surface area contributed by atoms with Crippen molar-refractivity contribution in [1.82, 2.24) is 9.97 Å². The van der Waals surface area contributed by atoms with Crippen molar-refractivity contribution in [3.05, 3.63) is 60.6 Å². The zero-order chi connectivity index (χ0) is 19.7. The van der Waals surface area contributed by atoms with Crippen molar-refractivity contribution in [3.8, 4) is 0 Å². The van der Waals surface area contributed by atoms with Crippen molar-refractivity contribution >= 4 is 28.2 Å². The number of pyridine rings is 2. The number of nitrogens with zero attached hydrogens (tertiary/aromatic N) is 3. The van der Waals surface area contributed by atoms with Crippen LogP contribution in [0, 0.1) is 0 Å². The number of carbonyl (C=O) groups excluding carboxylic acids is 1. The van der Waals surface area contributed by atoms with Gasteiger partial charge in [0.15, 0.2) is 0 Å². The van der Waals surface area contributed by atoms with Crippen LogP contribution < -0.4 is 10.2 Å². The lowest BCUT2D eigenvalue weighted by Gasteiger charge is -2.39. The third kappa shape index (κ3) is 3.56. The zero-order valence-electron chi connectivity index (χ0n) is 16.3. The van der Waals surface area contributed by atoms with Gasteiger partial charge in [-0.3, -0.25) is 14.8 Å². The van der Waals surface area contributed by atoms with Gasteiger partial charge in [0.25, 0.3) is 5.91 Å². The third-order valence-electron chi connectivity index (χ3n) is 6.08. The van der Waals surface area contributed by atoms with Crippen LogP contribution in [0.2, 0.25) is 0 Å². The maximum absolute atomic E-state index is 12.9. The summed E-state index contributed by atoms with van der Waals surface area (Å²) >= 11 is 0. The highest BCUT2D eigenvalue weighted by atomic mass is 16.5. The second-order valence-electron chi connectivity index (χ2n) is 7.86. The minimum absolute atomic E-state index is 0.0884. The van der Waals surface area contributed by atoms with E-state index < -0.39 is 0 Å². The summed E-state index contributed by atoms with van der Waals surface area (Å²) in [7, 11) is 0. The van der Waals surface area contributed by atoms with E-state index in [-0.39, 0.29) is 11.5 Å². The Bertz CT molecular complexity index is 1030. The predicted molar refractivity (Wildman–Crippen MR) is 113 cm³/mol. The molecule has 2 aromatic heterocycles. The van der Waals surface area contributed by atoms with Crippen molar-refractivity contribution < 1.29 is 9.53 Å². The Hall–Kier alpha value is -2.99. The quantitative estimate of drug-likeness (QED) is 0.734. The summed E-state index contributed by atoms with van der Waals surface area (Å²) in [5, 5.41) is 3.96. The number of ether oxygens (including phenoxy) is 1. The normalized spacial score (nSPS) is 18.3. The lowest BCUT2D eigenvalue weighted by atomic mass is 9.88. The number of hydrogen-bond donors (Lipinski definition) is 1. The number of hydrogen-bond acceptors (Lipinski definition) is 5. The number of para-hydroxylation sites is 1. The van der Waals surface area contributed by atoms with Gasteiger partial charge in [0, 0.05) is 43.2 Å². The minimum atomic E-state index is -0.224. The number of anilines is 2. The molecule has 3 aromatic rings. The molecule has 2 saturated heterocycles. The molecule has 0 unspecified atom stereocenters. The lowest BCUT2D eigenvalue weighted by molar-refractivity contribution is -0.0146. The average molecular weight is 388 g/mol. The highest BCUT2D eigenvalue weighted by Crippen LogP contribution is 2.36. The first-order chi connectivity index (χ1) is 14.2. The van der Waals surface area contributed by atoms with Crippen LogP contribution in [0.25, 0.3) is 10.9 Å². The summed E-state index contributed by atoms with van der Waals surface area (Å²) in [5.41, 5.74) is 3.00. The predicted octanol–water partition coefficient (Wildman–Crippen LogP) is 4.03. The minimum Gasteiger partial charge on any atom is -0.375 e. The van der Waals surface area contributed by atoms with Crippen LogP contribution in [0.4, 0.5) is 11.4 Å². The number of rotatable bonds is 3. The van der Waals surface area contributed by atoms with Crippen molar-refractivity contribution in [2.24, 2.45) is 0 Å². The van der Waals surface area contributed by atoms with Crippen LogP contribution in [0.1, 0.15) is 36.2 Å². The number of piperidine rings is 1. The van der Waals surface area contributed by atoms with Gasteiger partial charge in [0.1, 0.15) is 5.69 Å². The molecule has 29 heavy (non-hydrogen) atoms.